The molecule has 23 heavy (non-hydrogen) atoms. The maximum Gasteiger partial charge on any atom is -0.00108 e. The fourth-order valence-corrected chi connectivity index (χ4v) is 3.91. The van der Waals surface area contributed by atoms with Gasteiger partial charge < -0.3 is 0 Å². The first kappa shape index (κ1) is 14.3. The first-order valence-corrected chi connectivity index (χ1v) is 8.27. The lowest BCUT2D eigenvalue weighted by molar-refractivity contribution is 1.26. The second-order valence-electron chi connectivity index (χ2n) is 6.91. The van der Waals surface area contributed by atoms with Crippen molar-refractivity contribution in [3.63, 3.8) is 0 Å². The molecule has 0 bridgehead atoms. The molecule has 0 amide bonds. The van der Waals surface area contributed by atoms with E-state index in [2.05, 4.69) is 76.2 Å². The van der Waals surface area contributed by atoms with Gasteiger partial charge in [-0.1, -0.05) is 53.6 Å². The van der Waals surface area contributed by atoms with Crippen molar-refractivity contribution in [1.29, 1.82) is 0 Å². The van der Waals surface area contributed by atoms with E-state index in [1.807, 2.05) is 0 Å². The van der Waals surface area contributed by atoms with E-state index >= 15 is 0 Å². The topological polar surface area (TPSA) is 0 Å². The van der Waals surface area contributed by atoms with Gasteiger partial charge in [-0.3, -0.25) is 0 Å². The smallest absolute Gasteiger partial charge is 0.00108 e. The molecule has 0 nitrogen and oxygen atoms in total. The number of hydrogen-bond acceptors (Lipinski definition) is 0. The van der Waals surface area contributed by atoms with Crippen LogP contribution in [-0.4, -0.2) is 0 Å². The second-order valence-corrected chi connectivity index (χ2v) is 6.91. The van der Waals surface area contributed by atoms with Gasteiger partial charge in [0, 0.05) is 0 Å². The monoisotopic (exact) mass is 297 g/mol. The fraction of sp³-hybridized carbons (Fsp3) is 0.217. The van der Waals surface area contributed by atoms with Crippen molar-refractivity contribution in [3.05, 3.63) is 82.0 Å². The summed E-state index contributed by atoms with van der Waals surface area (Å²) in [4.78, 5) is 0. The van der Waals surface area contributed by atoms with Gasteiger partial charge in [-0.2, -0.15) is 0 Å². The Balaban J connectivity index is 1.92. The normalized spacial score (nSPS) is 15.7. The van der Waals surface area contributed by atoms with Gasteiger partial charge in [0.15, 0.2) is 0 Å². The van der Waals surface area contributed by atoms with E-state index in [-0.39, 0.29) is 0 Å². The van der Waals surface area contributed by atoms with Crippen LogP contribution in [0.1, 0.15) is 50.8 Å². The molecule has 0 atom stereocenters. The minimum absolute atomic E-state index is 1.05. The van der Waals surface area contributed by atoms with E-state index in [4.69, 9.17) is 0 Å². The third-order valence-electron chi connectivity index (χ3n) is 4.90. The van der Waals surface area contributed by atoms with Crippen LogP contribution in [0.5, 0.6) is 0 Å². The summed E-state index contributed by atoms with van der Waals surface area (Å²) in [5.74, 6) is 0. The maximum atomic E-state index is 3.75. The molecule has 4 rings (SSSR count). The Morgan fingerprint density at radius 2 is 1.65 bits per heavy atom. The summed E-state index contributed by atoms with van der Waals surface area (Å²) < 4.78 is 0. The van der Waals surface area contributed by atoms with Gasteiger partial charge in [-0.05, 0) is 84.7 Å². The summed E-state index contributed by atoms with van der Waals surface area (Å²) in [5, 5.41) is 0. The van der Waals surface area contributed by atoms with Crippen LogP contribution in [0.25, 0.3) is 22.3 Å². The Bertz CT molecular complexity index is 913. The van der Waals surface area contributed by atoms with Crippen LogP contribution in [0.4, 0.5) is 0 Å². The highest BCUT2D eigenvalue weighted by Crippen LogP contribution is 2.46. The predicted octanol–water partition coefficient (Wildman–Crippen LogP) is 6.43. The Morgan fingerprint density at radius 3 is 2.30 bits per heavy atom. The molecule has 0 aromatic heterocycles. The van der Waals surface area contributed by atoms with E-state index < -0.39 is 0 Å². The zero-order valence-corrected chi connectivity index (χ0v) is 14.2. The summed E-state index contributed by atoms with van der Waals surface area (Å²) in [5.41, 5.74) is 13.5. The summed E-state index contributed by atoms with van der Waals surface area (Å²) in [6.07, 6.45) is 3.35. The molecule has 0 heterocycles. The third-order valence-corrected chi connectivity index (χ3v) is 4.90. The van der Waals surface area contributed by atoms with E-state index in [0.29, 0.717) is 0 Å². The van der Waals surface area contributed by atoms with Crippen LogP contribution >= 0.6 is 0 Å². The fourth-order valence-electron chi connectivity index (χ4n) is 3.91. The molecule has 2 aromatic rings. The quantitative estimate of drug-likeness (QED) is 0.485. The van der Waals surface area contributed by atoms with Crippen molar-refractivity contribution in [1.82, 2.24) is 0 Å². The molecule has 2 aromatic carbocycles. The molecule has 0 unspecified atom stereocenters. The van der Waals surface area contributed by atoms with Crippen molar-refractivity contribution in [3.8, 4) is 11.1 Å². The molecule has 0 saturated heterocycles. The number of fused-ring (bicyclic) bond motifs is 3. The minimum Gasteiger partial charge on any atom is -0.0686 e. The molecule has 1 radical (unpaired) electrons. The third kappa shape index (κ3) is 2.13. The lowest BCUT2D eigenvalue weighted by atomic mass is 9.94. The predicted molar refractivity (Wildman–Crippen MR) is 99.1 cm³/mol. The number of hydrogen-bond donors (Lipinski definition) is 0. The molecule has 0 aliphatic heterocycles. The van der Waals surface area contributed by atoms with E-state index in [1.165, 1.54) is 55.7 Å². The molecule has 0 fully saturated rings. The average molecular weight is 297 g/mol. The van der Waals surface area contributed by atoms with Crippen LogP contribution in [0, 0.1) is 6.07 Å². The van der Waals surface area contributed by atoms with Crippen molar-refractivity contribution >= 4 is 11.1 Å². The van der Waals surface area contributed by atoms with Gasteiger partial charge >= 0.3 is 0 Å². The van der Waals surface area contributed by atoms with E-state index in [0.717, 1.165) is 6.42 Å². The van der Waals surface area contributed by atoms with E-state index in [9.17, 15) is 0 Å². The number of rotatable bonds is 1. The average Bonchev–Trinajstić information content (AvgIpc) is 3.03. The van der Waals surface area contributed by atoms with Gasteiger partial charge in [-0.25, -0.2) is 0 Å². The van der Waals surface area contributed by atoms with Crippen LogP contribution in [0.15, 0.2) is 59.2 Å². The second kappa shape index (κ2) is 5.09. The Morgan fingerprint density at radius 1 is 0.913 bits per heavy atom. The van der Waals surface area contributed by atoms with Crippen LogP contribution in [-0.2, 0) is 0 Å². The zero-order chi connectivity index (χ0) is 16.1. The minimum atomic E-state index is 1.05. The van der Waals surface area contributed by atoms with Crippen LogP contribution in [0.3, 0.4) is 0 Å². The van der Waals surface area contributed by atoms with Crippen molar-refractivity contribution in [2.75, 3.05) is 0 Å². The van der Waals surface area contributed by atoms with Gasteiger partial charge in [-0.15, -0.1) is 0 Å². The number of benzene rings is 2. The van der Waals surface area contributed by atoms with E-state index in [1.54, 1.807) is 0 Å². The molecule has 113 valence electrons. The molecular formula is C23H21. The molecule has 0 N–H and O–H groups in total. The maximum absolute atomic E-state index is 3.75. The molecule has 2 aliphatic rings. The van der Waals surface area contributed by atoms with Gasteiger partial charge in [0.1, 0.15) is 0 Å². The highest BCUT2D eigenvalue weighted by atomic mass is 14.3. The molecule has 2 aliphatic carbocycles. The van der Waals surface area contributed by atoms with Gasteiger partial charge in [0.25, 0.3) is 0 Å². The Kier molecular flexibility index (Phi) is 3.16. The molecule has 0 spiro atoms. The van der Waals surface area contributed by atoms with Crippen molar-refractivity contribution in [2.45, 2.75) is 34.1 Å². The Hall–Kier alpha value is -2.34. The number of allylic oxidation sites excluding steroid dienone is 5. The standard InChI is InChI=1S/C23H21/c1-14(2)23-20-8-6-5-7-18(20)19-10-9-17(13-22(19)23)21-12-15(3)11-16(21)4/h5-11H,12H2,1-4H3. The summed E-state index contributed by atoms with van der Waals surface area (Å²) >= 11 is 0. The largest absolute Gasteiger partial charge is 0.0686 e. The lowest BCUT2D eigenvalue weighted by Gasteiger charge is -2.10. The summed E-state index contributed by atoms with van der Waals surface area (Å²) in [7, 11) is 0. The summed E-state index contributed by atoms with van der Waals surface area (Å²) in [6.45, 7) is 8.83. The van der Waals surface area contributed by atoms with Gasteiger partial charge in [0.05, 0.1) is 0 Å². The highest BCUT2D eigenvalue weighted by molar-refractivity contribution is 6.02. The van der Waals surface area contributed by atoms with Crippen molar-refractivity contribution in [2.24, 2.45) is 0 Å². The van der Waals surface area contributed by atoms with Crippen molar-refractivity contribution < 1.29 is 0 Å². The zero-order valence-electron chi connectivity index (χ0n) is 14.2. The SMILES string of the molecule is CC1=CC(C)=C(c2[c]c3c(cc2)-c2ccccc2C3=C(C)C)C1. The first-order chi connectivity index (χ1) is 11.1. The Labute approximate surface area is 138 Å². The lowest BCUT2D eigenvalue weighted by Crippen LogP contribution is -1.90. The molecule has 0 heteroatoms. The van der Waals surface area contributed by atoms with Crippen LogP contribution < -0.4 is 0 Å². The first-order valence-electron chi connectivity index (χ1n) is 8.27. The van der Waals surface area contributed by atoms with Crippen LogP contribution in [0.2, 0.25) is 0 Å². The molecule has 0 saturated carbocycles. The summed E-state index contributed by atoms with van der Waals surface area (Å²) in [6, 6.07) is 17.0. The highest BCUT2D eigenvalue weighted by Gasteiger charge is 2.25. The molecular weight excluding hydrogens is 276 g/mol. The van der Waals surface area contributed by atoms with Gasteiger partial charge in [0.2, 0.25) is 0 Å².